The van der Waals surface area contributed by atoms with Crippen LogP contribution in [0.4, 0.5) is 8.78 Å². The highest BCUT2D eigenvalue weighted by Gasteiger charge is 2.16. The monoisotopic (exact) mass is 519 g/mol. The van der Waals surface area contributed by atoms with Gasteiger partial charge in [-0.25, -0.2) is 13.8 Å². The minimum absolute atomic E-state index is 0.0540. The fourth-order valence-corrected chi connectivity index (χ4v) is 4.51. The number of nitrogens with one attached hydrogen (secondary N) is 2. The van der Waals surface area contributed by atoms with E-state index in [2.05, 4.69) is 20.6 Å². The Hall–Kier alpha value is -4.18. The van der Waals surface area contributed by atoms with Gasteiger partial charge in [0, 0.05) is 36.8 Å². The van der Waals surface area contributed by atoms with Crippen LogP contribution >= 0.6 is 0 Å². The van der Waals surface area contributed by atoms with E-state index in [9.17, 15) is 18.4 Å². The zero-order chi connectivity index (χ0) is 26.5. The molecule has 2 aromatic heterocycles. The molecule has 0 bridgehead atoms. The van der Waals surface area contributed by atoms with Gasteiger partial charge in [0.2, 0.25) is 0 Å². The van der Waals surface area contributed by atoms with Crippen molar-refractivity contribution in [2.45, 2.75) is 25.9 Å². The second kappa shape index (κ2) is 11.5. The Bertz CT molecular complexity index is 1520. The normalized spacial score (nSPS) is 15.4. The zero-order valence-electron chi connectivity index (χ0n) is 20.6. The minimum Gasteiger partial charge on any atom is -0.492 e. The van der Waals surface area contributed by atoms with Crippen LogP contribution < -0.4 is 20.9 Å². The molecule has 0 spiro atoms. The van der Waals surface area contributed by atoms with Crippen molar-refractivity contribution in [1.29, 1.82) is 0 Å². The quantitative estimate of drug-likeness (QED) is 0.370. The van der Waals surface area contributed by atoms with E-state index in [0.717, 1.165) is 60.3 Å². The highest BCUT2D eigenvalue weighted by Crippen LogP contribution is 2.26. The Morgan fingerprint density at radius 3 is 2.82 bits per heavy atom. The number of carbonyl (C=O) groups is 1. The van der Waals surface area contributed by atoms with Gasteiger partial charge < -0.3 is 15.4 Å². The Balaban J connectivity index is 1.27. The van der Waals surface area contributed by atoms with Crippen LogP contribution in [0.3, 0.4) is 0 Å². The molecule has 10 heteroatoms. The lowest BCUT2D eigenvalue weighted by molar-refractivity contribution is 0.0948. The Kier molecular flexibility index (Phi) is 7.69. The number of ether oxygens (including phenoxy) is 1. The number of fused-ring (bicyclic) bond motifs is 1. The molecule has 2 aromatic carbocycles. The van der Waals surface area contributed by atoms with Gasteiger partial charge in [0.05, 0.1) is 25.0 Å². The summed E-state index contributed by atoms with van der Waals surface area (Å²) >= 11 is 0. The second-order valence-corrected chi connectivity index (χ2v) is 9.36. The summed E-state index contributed by atoms with van der Waals surface area (Å²) in [5.41, 5.74) is 1.23. The lowest BCUT2D eigenvalue weighted by Crippen LogP contribution is -2.33. The molecule has 1 amide bonds. The molecule has 2 N–H and O–H groups in total. The SMILES string of the molecule is O=C(NCc1ccc2nccc(OCC3CCCNC3)c2c1)c1cncn(Cc2ccc(F)c(F)c2)c1=O. The zero-order valence-corrected chi connectivity index (χ0v) is 20.6. The summed E-state index contributed by atoms with van der Waals surface area (Å²) in [7, 11) is 0. The minimum atomic E-state index is -1.01. The van der Waals surface area contributed by atoms with Crippen LogP contribution in [0.25, 0.3) is 10.9 Å². The average Bonchev–Trinajstić information content (AvgIpc) is 2.94. The van der Waals surface area contributed by atoms with Crippen LogP contribution in [0.15, 0.2) is 66.0 Å². The summed E-state index contributed by atoms with van der Waals surface area (Å²) in [6.07, 6.45) is 6.43. The molecule has 0 radical (unpaired) electrons. The second-order valence-electron chi connectivity index (χ2n) is 9.36. The first-order valence-corrected chi connectivity index (χ1v) is 12.5. The highest BCUT2D eigenvalue weighted by molar-refractivity contribution is 5.93. The van der Waals surface area contributed by atoms with Crippen molar-refractivity contribution in [1.82, 2.24) is 25.2 Å². The van der Waals surface area contributed by atoms with Gasteiger partial charge in [-0.2, -0.15) is 0 Å². The van der Waals surface area contributed by atoms with Crippen LogP contribution in [0, 0.1) is 17.6 Å². The van der Waals surface area contributed by atoms with Gasteiger partial charge in [-0.3, -0.25) is 19.1 Å². The van der Waals surface area contributed by atoms with E-state index >= 15 is 0 Å². The summed E-state index contributed by atoms with van der Waals surface area (Å²) in [6.45, 7) is 2.72. The molecule has 1 unspecified atom stereocenters. The first-order chi connectivity index (χ1) is 18.5. The van der Waals surface area contributed by atoms with Crippen LogP contribution in [0.2, 0.25) is 0 Å². The molecule has 0 saturated carbocycles. The molecule has 196 valence electrons. The molecule has 1 aliphatic heterocycles. The number of carbonyl (C=O) groups excluding carboxylic acids is 1. The van der Waals surface area contributed by atoms with Crippen molar-refractivity contribution >= 4 is 16.8 Å². The standard InChI is InChI=1S/C28H27F2N5O3/c29-23-5-3-19(11-24(23)30)15-35-17-32-14-22(28(35)37)27(36)34-13-18-4-6-25-21(10-18)26(7-9-33-25)38-16-20-2-1-8-31-12-20/h3-7,9-11,14,17,20,31H,1-2,8,12-13,15-16H2,(H,34,36). The van der Waals surface area contributed by atoms with E-state index in [1.165, 1.54) is 23.2 Å². The van der Waals surface area contributed by atoms with E-state index < -0.39 is 23.1 Å². The highest BCUT2D eigenvalue weighted by atomic mass is 19.2. The van der Waals surface area contributed by atoms with Crippen molar-refractivity contribution in [2.24, 2.45) is 5.92 Å². The summed E-state index contributed by atoms with van der Waals surface area (Å²) in [5, 5.41) is 7.00. The van der Waals surface area contributed by atoms with Gasteiger partial charge in [-0.05, 0) is 60.8 Å². The topological polar surface area (TPSA) is 98.1 Å². The van der Waals surface area contributed by atoms with E-state index in [1.807, 2.05) is 24.3 Å². The maximum absolute atomic E-state index is 13.5. The third kappa shape index (κ3) is 5.86. The number of hydrogen-bond donors (Lipinski definition) is 2. The van der Waals surface area contributed by atoms with Crippen molar-refractivity contribution in [3.05, 3.63) is 99.9 Å². The third-order valence-corrected chi connectivity index (χ3v) is 6.58. The number of hydrogen-bond acceptors (Lipinski definition) is 6. The Morgan fingerprint density at radius 1 is 1.13 bits per heavy atom. The van der Waals surface area contributed by atoms with Crippen molar-refractivity contribution in [3.8, 4) is 5.75 Å². The van der Waals surface area contributed by atoms with Crippen molar-refractivity contribution < 1.29 is 18.3 Å². The lowest BCUT2D eigenvalue weighted by Gasteiger charge is -2.23. The van der Waals surface area contributed by atoms with Crippen molar-refractivity contribution in [2.75, 3.05) is 19.7 Å². The summed E-state index contributed by atoms with van der Waals surface area (Å²) in [6, 6.07) is 10.8. The molecule has 38 heavy (non-hydrogen) atoms. The van der Waals surface area contributed by atoms with E-state index in [-0.39, 0.29) is 18.7 Å². The number of benzene rings is 2. The fraction of sp³-hybridized carbons (Fsp3) is 0.286. The number of halogens is 2. The average molecular weight is 520 g/mol. The summed E-state index contributed by atoms with van der Waals surface area (Å²) in [4.78, 5) is 34.1. The number of rotatable bonds is 8. The molecule has 1 saturated heterocycles. The molecule has 5 rings (SSSR count). The smallest absolute Gasteiger partial charge is 0.266 e. The third-order valence-electron chi connectivity index (χ3n) is 6.58. The maximum Gasteiger partial charge on any atom is 0.266 e. The van der Waals surface area contributed by atoms with Crippen LogP contribution in [-0.4, -0.2) is 40.1 Å². The molecular weight excluding hydrogens is 492 g/mol. The number of pyridine rings is 1. The Morgan fingerprint density at radius 2 is 2.00 bits per heavy atom. The molecule has 4 aromatic rings. The number of piperidine rings is 1. The summed E-state index contributed by atoms with van der Waals surface area (Å²) < 4.78 is 34.1. The molecule has 1 fully saturated rings. The van der Waals surface area contributed by atoms with Crippen LogP contribution in [0.5, 0.6) is 5.75 Å². The fourth-order valence-electron chi connectivity index (χ4n) is 4.51. The predicted molar refractivity (Wildman–Crippen MR) is 138 cm³/mol. The lowest BCUT2D eigenvalue weighted by atomic mass is 10.0. The first-order valence-electron chi connectivity index (χ1n) is 12.5. The van der Waals surface area contributed by atoms with Gasteiger partial charge in [-0.15, -0.1) is 0 Å². The van der Waals surface area contributed by atoms with Gasteiger partial charge >= 0.3 is 0 Å². The summed E-state index contributed by atoms with van der Waals surface area (Å²) in [5.74, 6) is -1.38. The first kappa shape index (κ1) is 25.5. The molecule has 1 atom stereocenters. The van der Waals surface area contributed by atoms with E-state index in [1.54, 1.807) is 6.20 Å². The van der Waals surface area contributed by atoms with Crippen LogP contribution in [-0.2, 0) is 13.1 Å². The van der Waals surface area contributed by atoms with Gasteiger partial charge in [-0.1, -0.05) is 12.1 Å². The van der Waals surface area contributed by atoms with Gasteiger partial charge in [0.15, 0.2) is 11.6 Å². The largest absolute Gasteiger partial charge is 0.492 e. The molecule has 8 nitrogen and oxygen atoms in total. The number of amides is 1. The molecule has 1 aliphatic rings. The number of aromatic nitrogens is 3. The number of nitrogens with zero attached hydrogens (tertiary/aromatic N) is 3. The van der Waals surface area contributed by atoms with E-state index in [4.69, 9.17) is 4.74 Å². The molecular formula is C28H27F2N5O3. The molecule has 0 aliphatic carbocycles. The van der Waals surface area contributed by atoms with E-state index in [0.29, 0.717) is 18.1 Å². The molecule has 3 heterocycles. The van der Waals surface area contributed by atoms with Crippen molar-refractivity contribution in [3.63, 3.8) is 0 Å². The van der Waals surface area contributed by atoms with Crippen LogP contribution in [0.1, 0.15) is 34.3 Å². The van der Waals surface area contributed by atoms with Gasteiger partial charge in [0.25, 0.3) is 11.5 Å². The Labute approximate surface area is 217 Å². The maximum atomic E-state index is 13.5. The van der Waals surface area contributed by atoms with Gasteiger partial charge in [0.1, 0.15) is 11.3 Å². The predicted octanol–water partition coefficient (Wildman–Crippen LogP) is 3.43.